The van der Waals surface area contributed by atoms with Crippen LogP contribution in [0.15, 0.2) is 36.4 Å². The van der Waals surface area contributed by atoms with E-state index in [4.69, 9.17) is 11.6 Å². The van der Waals surface area contributed by atoms with Gasteiger partial charge in [-0.25, -0.2) is 4.39 Å². The van der Waals surface area contributed by atoms with Gasteiger partial charge in [0.1, 0.15) is 5.82 Å². The average molecular weight is 294 g/mol. The number of rotatable bonds is 3. The molecule has 0 unspecified atom stereocenters. The van der Waals surface area contributed by atoms with Gasteiger partial charge in [-0.3, -0.25) is 14.9 Å². The summed E-state index contributed by atoms with van der Waals surface area (Å²) in [4.78, 5) is 21.7. The minimum Gasteiger partial charge on any atom is -0.295 e. The van der Waals surface area contributed by atoms with Gasteiger partial charge in [0.15, 0.2) is 5.78 Å². The van der Waals surface area contributed by atoms with Gasteiger partial charge in [-0.05, 0) is 31.2 Å². The van der Waals surface area contributed by atoms with Crippen molar-refractivity contribution in [2.75, 3.05) is 0 Å². The second-order valence-corrected chi connectivity index (χ2v) is 4.61. The highest BCUT2D eigenvalue weighted by Crippen LogP contribution is 2.33. The van der Waals surface area contributed by atoms with Gasteiger partial charge in [-0.15, -0.1) is 0 Å². The van der Waals surface area contributed by atoms with Crippen LogP contribution in [0.5, 0.6) is 0 Å². The first-order valence-electron chi connectivity index (χ1n) is 5.65. The Bertz CT molecular complexity index is 716. The Morgan fingerprint density at radius 1 is 1.20 bits per heavy atom. The van der Waals surface area contributed by atoms with Crippen molar-refractivity contribution in [3.05, 3.63) is 62.9 Å². The van der Waals surface area contributed by atoms with Crippen molar-refractivity contribution in [1.29, 1.82) is 0 Å². The highest BCUT2D eigenvalue weighted by molar-refractivity contribution is 6.30. The molecule has 0 aliphatic rings. The van der Waals surface area contributed by atoms with Crippen molar-refractivity contribution in [2.24, 2.45) is 0 Å². The maximum atomic E-state index is 13.9. The Morgan fingerprint density at radius 3 is 2.40 bits per heavy atom. The van der Waals surface area contributed by atoms with Crippen LogP contribution >= 0.6 is 11.6 Å². The second-order valence-electron chi connectivity index (χ2n) is 4.17. The fourth-order valence-electron chi connectivity index (χ4n) is 1.84. The van der Waals surface area contributed by atoms with E-state index in [0.717, 1.165) is 12.1 Å². The second kappa shape index (κ2) is 5.38. The van der Waals surface area contributed by atoms with Crippen LogP contribution in [0.25, 0.3) is 11.1 Å². The third kappa shape index (κ3) is 2.67. The zero-order chi connectivity index (χ0) is 14.9. The van der Waals surface area contributed by atoms with Gasteiger partial charge in [0, 0.05) is 22.2 Å². The molecule has 0 spiro atoms. The summed E-state index contributed by atoms with van der Waals surface area (Å²) in [6.07, 6.45) is 0. The molecule has 2 aromatic rings. The molecule has 2 aromatic carbocycles. The van der Waals surface area contributed by atoms with E-state index in [1.54, 1.807) is 0 Å². The van der Waals surface area contributed by atoms with Crippen LogP contribution in [0.4, 0.5) is 10.1 Å². The predicted molar refractivity (Wildman–Crippen MR) is 73.5 cm³/mol. The molecule has 0 saturated heterocycles. The summed E-state index contributed by atoms with van der Waals surface area (Å²) in [6, 6.07) is 7.83. The quantitative estimate of drug-likeness (QED) is 0.482. The number of nitro benzene ring substituents is 1. The lowest BCUT2D eigenvalue weighted by molar-refractivity contribution is -0.384. The van der Waals surface area contributed by atoms with Gasteiger partial charge in [0.05, 0.1) is 10.5 Å². The highest BCUT2D eigenvalue weighted by Gasteiger charge is 2.19. The van der Waals surface area contributed by atoms with Gasteiger partial charge in [0.2, 0.25) is 0 Å². The Morgan fingerprint density at radius 2 is 1.85 bits per heavy atom. The molecule has 0 aliphatic carbocycles. The Hall–Kier alpha value is -2.27. The molecule has 2 rings (SSSR count). The number of carbonyl (C=O) groups excluding carboxylic acids is 1. The molecule has 102 valence electrons. The molecular formula is C14H9ClFNO3. The maximum Gasteiger partial charge on any atom is 0.278 e. The predicted octanol–water partition coefficient (Wildman–Crippen LogP) is 4.26. The van der Waals surface area contributed by atoms with E-state index in [0.29, 0.717) is 0 Å². The largest absolute Gasteiger partial charge is 0.295 e. The van der Waals surface area contributed by atoms with Crippen molar-refractivity contribution in [1.82, 2.24) is 0 Å². The van der Waals surface area contributed by atoms with Crippen molar-refractivity contribution in [3.8, 4) is 11.1 Å². The Kier molecular flexibility index (Phi) is 3.81. The molecule has 6 heteroatoms. The molecule has 0 aromatic heterocycles. The summed E-state index contributed by atoms with van der Waals surface area (Å²) in [5.74, 6) is -0.951. The van der Waals surface area contributed by atoms with Gasteiger partial charge >= 0.3 is 0 Å². The first-order valence-corrected chi connectivity index (χ1v) is 6.02. The lowest BCUT2D eigenvalue weighted by Gasteiger charge is -2.06. The average Bonchev–Trinajstić information content (AvgIpc) is 2.38. The van der Waals surface area contributed by atoms with E-state index in [2.05, 4.69) is 0 Å². The molecule has 0 aliphatic heterocycles. The summed E-state index contributed by atoms with van der Waals surface area (Å²) in [5, 5.41) is 11.3. The molecule has 4 nitrogen and oxygen atoms in total. The number of Topliss-reactive ketones (excluding diaryl/α,β-unsaturated/α-hetero) is 1. The van der Waals surface area contributed by atoms with Crippen LogP contribution in [0.2, 0.25) is 5.02 Å². The van der Waals surface area contributed by atoms with Gasteiger partial charge in [-0.2, -0.15) is 0 Å². The number of nitro groups is 1. The summed E-state index contributed by atoms with van der Waals surface area (Å²) >= 11 is 5.65. The zero-order valence-electron chi connectivity index (χ0n) is 10.4. The molecule has 0 heterocycles. The molecule has 20 heavy (non-hydrogen) atoms. The van der Waals surface area contributed by atoms with Crippen molar-refractivity contribution < 1.29 is 14.1 Å². The van der Waals surface area contributed by atoms with Crippen LogP contribution in [0.1, 0.15) is 17.3 Å². The van der Waals surface area contributed by atoms with Gasteiger partial charge in [-0.1, -0.05) is 17.7 Å². The summed E-state index contributed by atoms with van der Waals surface area (Å²) in [7, 11) is 0. The third-order valence-electron chi connectivity index (χ3n) is 2.82. The number of benzene rings is 2. The standard InChI is InChI=1S/C14H9ClFNO3/c1-8(18)9-2-4-12(14(6-9)17(19)20)11-5-3-10(15)7-13(11)16/h2-7H,1H3. The molecule has 0 saturated carbocycles. The van der Waals surface area contributed by atoms with E-state index < -0.39 is 10.7 Å². The summed E-state index contributed by atoms with van der Waals surface area (Å²) in [5.41, 5.74) is 0.0547. The minimum absolute atomic E-state index is 0.0659. The maximum absolute atomic E-state index is 13.9. The van der Waals surface area contributed by atoms with E-state index >= 15 is 0 Å². The van der Waals surface area contributed by atoms with Gasteiger partial charge < -0.3 is 0 Å². The number of ketones is 1. The fraction of sp³-hybridized carbons (Fsp3) is 0.0714. The summed E-state index contributed by atoms with van der Waals surface area (Å²) in [6.45, 7) is 1.31. The third-order valence-corrected chi connectivity index (χ3v) is 3.06. The van der Waals surface area contributed by atoms with Crippen LogP contribution in [0, 0.1) is 15.9 Å². The molecule has 0 bridgehead atoms. The molecule has 0 atom stereocenters. The number of halogens is 2. The Balaban J connectivity index is 2.67. The fourth-order valence-corrected chi connectivity index (χ4v) is 2.00. The van der Waals surface area contributed by atoms with Crippen molar-refractivity contribution >= 4 is 23.1 Å². The number of nitrogens with zero attached hydrogens (tertiary/aromatic N) is 1. The lowest BCUT2D eigenvalue weighted by atomic mass is 10.00. The lowest BCUT2D eigenvalue weighted by Crippen LogP contribution is -1.98. The molecule has 0 N–H and O–H groups in total. The van der Waals surface area contributed by atoms with Crippen LogP contribution in [-0.4, -0.2) is 10.7 Å². The topological polar surface area (TPSA) is 60.2 Å². The first kappa shape index (κ1) is 14.1. The van der Waals surface area contributed by atoms with Gasteiger partial charge in [0.25, 0.3) is 5.69 Å². The zero-order valence-corrected chi connectivity index (χ0v) is 11.1. The van der Waals surface area contributed by atoms with E-state index in [1.807, 2.05) is 0 Å². The number of carbonyl (C=O) groups is 1. The number of hydrogen-bond acceptors (Lipinski definition) is 3. The van der Waals surface area contributed by atoms with Crippen LogP contribution in [-0.2, 0) is 0 Å². The van der Waals surface area contributed by atoms with E-state index in [-0.39, 0.29) is 33.2 Å². The SMILES string of the molecule is CC(=O)c1ccc(-c2ccc(Cl)cc2F)c([N+](=O)[O-])c1. The highest BCUT2D eigenvalue weighted by atomic mass is 35.5. The van der Waals surface area contributed by atoms with E-state index in [1.165, 1.54) is 31.2 Å². The molecule has 0 radical (unpaired) electrons. The summed E-state index contributed by atoms with van der Waals surface area (Å²) < 4.78 is 13.9. The smallest absolute Gasteiger partial charge is 0.278 e. The molecular weight excluding hydrogens is 285 g/mol. The van der Waals surface area contributed by atoms with Crippen LogP contribution < -0.4 is 0 Å². The molecule has 0 fully saturated rings. The Labute approximate surface area is 119 Å². The normalized spacial score (nSPS) is 10.3. The van der Waals surface area contributed by atoms with Crippen molar-refractivity contribution in [2.45, 2.75) is 6.92 Å². The number of hydrogen-bond donors (Lipinski definition) is 0. The van der Waals surface area contributed by atoms with Crippen LogP contribution in [0.3, 0.4) is 0 Å². The first-order chi connectivity index (χ1) is 9.40. The molecule has 0 amide bonds. The minimum atomic E-state index is -0.656. The van der Waals surface area contributed by atoms with Crippen molar-refractivity contribution in [3.63, 3.8) is 0 Å². The van der Waals surface area contributed by atoms with E-state index in [9.17, 15) is 19.3 Å². The monoisotopic (exact) mass is 293 g/mol.